The molecule has 0 radical (unpaired) electrons. The second kappa shape index (κ2) is 89.7. The van der Waals surface area contributed by atoms with Crippen LogP contribution in [0, 0.1) is 0 Å². The zero-order valence-electron chi connectivity index (χ0n) is 4.22. The van der Waals surface area contributed by atoms with Gasteiger partial charge >= 0.3 is 0 Å². The molecule has 6 heteroatoms. The molecule has 0 saturated carbocycles. The van der Waals surface area contributed by atoms with E-state index in [1.807, 2.05) is 6.66 Å². The standard InChI is InChI=1S/CH5P.3ClH.2H3P/c1-2;;;;;/h2H2,1H3;3*1H;2*1H3. The Morgan fingerprint density at radius 1 is 0.714 bits per heavy atom. The van der Waals surface area contributed by atoms with Gasteiger partial charge in [0.1, 0.15) is 0 Å². The largest absolute Gasteiger partial charge is 0.153 e. The van der Waals surface area contributed by atoms with Crippen LogP contribution in [0.25, 0.3) is 0 Å². The van der Waals surface area contributed by atoms with Gasteiger partial charge in [-0.15, -0.1) is 46.5 Å². The quantitative estimate of drug-likeness (QED) is 0.552. The summed E-state index contributed by atoms with van der Waals surface area (Å²) in [5.74, 6) is 0. The first kappa shape index (κ1) is 61.1. The summed E-state index contributed by atoms with van der Waals surface area (Å²) in [7, 11) is 2.42. The highest BCUT2D eigenvalue weighted by atomic mass is 35.5. The van der Waals surface area contributed by atoms with Crippen LogP contribution < -0.4 is 0 Å². The molecular formula is CH14Cl3P3. The topological polar surface area (TPSA) is 0 Å². The maximum absolute atomic E-state index is 2.42. The van der Waals surface area contributed by atoms with E-state index in [-0.39, 0.29) is 57.0 Å². The number of hydrogen-bond acceptors (Lipinski definition) is 0. The Kier molecular flexibility index (Phi) is 782. The van der Waals surface area contributed by atoms with Crippen LogP contribution in [-0.4, -0.2) is 6.66 Å². The van der Waals surface area contributed by atoms with E-state index in [2.05, 4.69) is 9.24 Å². The van der Waals surface area contributed by atoms with Crippen molar-refractivity contribution in [1.29, 1.82) is 0 Å². The van der Waals surface area contributed by atoms with E-state index in [0.717, 1.165) is 0 Å². The van der Waals surface area contributed by atoms with Crippen molar-refractivity contribution < 1.29 is 0 Å². The fraction of sp³-hybridized carbons (Fsp3) is 1.00. The molecular weight excluding hydrogens is 211 g/mol. The lowest BCUT2D eigenvalue weighted by atomic mass is 12.0. The minimum absolute atomic E-state index is 0. The molecule has 54 valence electrons. The van der Waals surface area contributed by atoms with Crippen molar-refractivity contribution >= 4 is 66.3 Å². The zero-order valence-corrected chi connectivity index (χ0v) is 10.6. The van der Waals surface area contributed by atoms with Crippen molar-refractivity contribution in [3.05, 3.63) is 0 Å². The van der Waals surface area contributed by atoms with Crippen LogP contribution >= 0.6 is 66.3 Å². The summed E-state index contributed by atoms with van der Waals surface area (Å²) in [6, 6.07) is 0. The fourth-order valence-electron chi connectivity index (χ4n) is 0. The molecule has 3 unspecified atom stereocenters. The molecule has 0 saturated heterocycles. The predicted octanol–water partition coefficient (Wildman–Crippen LogP) is 1.87. The first-order valence-corrected chi connectivity index (χ1v) is 1.73. The summed E-state index contributed by atoms with van der Waals surface area (Å²) < 4.78 is 0. The smallest absolute Gasteiger partial charge is 0.0500 e. The highest BCUT2D eigenvalue weighted by molar-refractivity contribution is 7.15. The van der Waals surface area contributed by atoms with Crippen LogP contribution in [0.2, 0.25) is 0 Å². The molecule has 0 N–H and O–H groups in total. The second-order valence-corrected chi connectivity index (χ2v) is 0. The molecule has 0 nitrogen and oxygen atoms in total. The Bertz CT molecular complexity index is 10.1. The maximum atomic E-state index is 2.42. The summed E-state index contributed by atoms with van der Waals surface area (Å²) in [5, 5.41) is 0. The van der Waals surface area contributed by atoms with Gasteiger partial charge in [-0.2, -0.15) is 19.8 Å². The van der Waals surface area contributed by atoms with E-state index in [9.17, 15) is 0 Å². The van der Waals surface area contributed by atoms with Gasteiger partial charge in [0.25, 0.3) is 0 Å². The van der Waals surface area contributed by atoms with Crippen molar-refractivity contribution in [1.82, 2.24) is 0 Å². The van der Waals surface area contributed by atoms with Crippen molar-refractivity contribution in [3.8, 4) is 0 Å². The van der Waals surface area contributed by atoms with Gasteiger partial charge < -0.3 is 0 Å². The van der Waals surface area contributed by atoms with Gasteiger partial charge in [-0.3, -0.25) is 0 Å². The Morgan fingerprint density at radius 3 is 0.714 bits per heavy atom. The highest BCUT2D eigenvalue weighted by Crippen LogP contribution is 1.46. The lowest BCUT2D eigenvalue weighted by Crippen LogP contribution is -0.804. The van der Waals surface area contributed by atoms with E-state index in [4.69, 9.17) is 0 Å². The van der Waals surface area contributed by atoms with Crippen LogP contribution in [0.4, 0.5) is 0 Å². The maximum Gasteiger partial charge on any atom is -0.0500 e. The minimum Gasteiger partial charge on any atom is -0.153 e. The molecule has 0 aliphatic heterocycles. The van der Waals surface area contributed by atoms with E-state index < -0.39 is 0 Å². The second-order valence-electron chi connectivity index (χ2n) is 0. The molecule has 3 atom stereocenters. The summed E-state index contributed by atoms with van der Waals surface area (Å²) in [4.78, 5) is 0. The van der Waals surface area contributed by atoms with Crippen LogP contribution in [0.1, 0.15) is 0 Å². The molecule has 0 aromatic carbocycles. The van der Waals surface area contributed by atoms with Crippen LogP contribution in [0.3, 0.4) is 0 Å². The highest BCUT2D eigenvalue weighted by Gasteiger charge is 0.906. The average Bonchev–Trinajstić information content (AvgIpc) is 1.00. The van der Waals surface area contributed by atoms with Gasteiger partial charge in [-0.05, 0) is 0 Å². The van der Waals surface area contributed by atoms with E-state index in [1.54, 1.807) is 0 Å². The lowest BCUT2D eigenvalue weighted by molar-refractivity contribution is 2.53. The zero-order chi connectivity index (χ0) is 2.00. The molecule has 0 aromatic rings. The molecule has 7 heavy (non-hydrogen) atoms. The van der Waals surface area contributed by atoms with Crippen molar-refractivity contribution in [3.63, 3.8) is 0 Å². The van der Waals surface area contributed by atoms with Gasteiger partial charge in [0.05, 0.1) is 0 Å². The summed E-state index contributed by atoms with van der Waals surface area (Å²) in [6.07, 6.45) is 0. The molecule has 0 bridgehead atoms. The van der Waals surface area contributed by atoms with Crippen LogP contribution in [-0.2, 0) is 0 Å². The van der Waals surface area contributed by atoms with Crippen LogP contribution in [0.5, 0.6) is 0 Å². The van der Waals surface area contributed by atoms with Gasteiger partial charge in [-0.25, -0.2) is 0 Å². The molecule has 0 aliphatic carbocycles. The molecule has 0 amide bonds. The number of halogens is 3. The first-order valence-electron chi connectivity index (χ1n) is 0.577. The monoisotopic (exact) mass is 224 g/mol. The minimum atomic E-state index is 0. The van der Waals surface area contributed by atoms with Crippen molar-refractivity contribution in [2.75, 3.05) is 6.66 Å². The Balaban J connectivity index is -0.000000000500. The molecule has 0 aliphatic rings. The number of hydrogen-bond donors (Lipinski definition) is 0. The van der Waals surface area contributed by atoms with E-state index in [0.29, 0.717) is 0 Å². The van der Waals surface area contributed by atoms with Gasteiger partial charge in [0.2, 0.25) is 0 Å². The van der Waals surface area contributed by atoms with Crippen molar-refractivity contribution in [2.45, 2.75) is 0 Å². The average molecular weight is 225 g/mol. The molecule has 0 rings (SSSR count). The molecule has 0 fully saturated rings. The van der Waals surface area contributed by atoms with E-state index in [1.165, 1.54) is 0 Å². The molecule has 0 heterocycles. The van der Waals surface area contributed by atoms with Gasteiger partial charge in [-0.1, -0.05) is 6.66 Å². The third kappa shape index (κ3) is 66.4. The third-order valence-electron chi connectivity index (χ3n) is 0. The normalized spacial score (nSPS) is 0.857. The fourth-order valence-corrected chi connectivity index (χ4v) is 0. The summed E-state index contributed by atoms with van der Waals surface area (Å²) in [6.45, 7) is 1.92. The first-order chi connectivity index (χ1) is 1.00. The third-order valence-corrected chi connectivity index (χ3v) is 0. The van der Waals surface area contributed by atoms with Crippen molar-refractivity contribution in [2.24, 2.45) is 0 Å². The lowest BCUT2D eigenvalue weighted by Gasteiger charge is -1.10. The summed E-state index contributed by atoms with van der Waals surface area (Å²) in [5.41, 5.74) is 0. The van der Waals surface area contributed by atoms with E-state index >= 15 is 0 Å². The molecule has 0 spiro atoms. The molecule has 0 aromatic heterocycles. The van der Waals surface area contributed by atoms with Crippen LogP contribution in [0.15, 0.2) is 0 Å². The van der Waals surface area contributed by atoms with Gasteiger partial charge in [0.15, 0.2) is 0 Å². The Labute approximate surface area is 73.0 Å². The SMILES string of the molecule is CP.Cl.Cl.Cl.P.P. The van der Waals surface area contributed by atoms with Gasteiger partial charge in [0, 0.05) is 0 Å². The Morgan fingerprint density at radius 2 is 0.714 bits per heavy atom. The Hall–Kier alpha value is 2.16. The number of rotatable bonds is 0. The predicted molar refractivity (Wildman–Crippen MR) is 59.6 cm³/mol. The summed E-state index contributed by atoms with van der Waals surface area (Å²) >= 11 is 0.